The molecule has 0 bridgehead atoms. The summed E-state index contributed by atoms with van der Waals surface area (Å²) in [6.45, 7) is 2.35. The van der Waals surface area contributed by atoms with E-state index in [4.69, 9.17) is 13.9 Å². The molecule has 0 aliphatic rings. The van der Waals surface area contributed by atoms with Gasteiger partial charge < -0.3 is 19.2 Å². The Kier molecular flexibility index (Phi) is 9.10. The molecule has 0 spiro atoms. The van der Waals surface area contributed by atoms with Gasteiger partial charge in [0, 0.05) is 17.8 Å². The van der Waals surface area contributed by atoms with Crippen LogP contribution in [-0.4, -0.2) is 51.0 Å². The van der Waals surface area contributed by atoms with Crippen molar-refractivity contribution in [3.63, 3.8) is 0 Å². The van der Waals surface area contributed by atoms with Gasteiger partial charge in [0.1, 0.15) is 0 Å². The highest BCUT2D eigenvalue weighted by Gasteiger charge is 2.15. The van der Waals surface area contributed by atoms with E-state index in [-0.39, 0.29) is 27.7 Å². The first kappa shape index (κ1) is 28.0. The number of thioether (sulfide) groups is 1. The third kappa shape index (κ3) is 7.52. The minimum atomic E-state index is -3.70. The van der Waals surface area contributed by atoms with E-state index >= 15 is 0 Å². The minimum Gasteiger partial charge on any atom is -0.493 e. The summed E-state index contributed by atoms with van der Waals surface area (Å²) < 4.78 is 43.9. The van der Waals surface area contributed by atoms with Crippen LogP contribution in [0.5, 0.6) is 11.5 Å². The van der Waals surface area contributed by atoms with Gasteiger partial charge in [-0.3, -0.25) is 9.52 Å². The third-order valence-corrected chi connectivity index (χ3v) is 7.85. The van der Waals surface area contributed by atoms with Crippen molar-refractivity contribution in [3.05, 3.63) is 77.9 Å². The molecule has 0 aliphatic carbocycles. The van der Waals surface area contributed by atoms with Crippen LogP contribution in [0.15, 0.2) is 81.3 Å². The first-order valence-electron chi connectivity index (χ1n) is 11.9. The molecule has 3 aromatic carbocycles. The molecule has 204 valence electrons. The van der Waals surface area contributed by atoms with E-state index in [2.05, 4.69) is 20.2 Å². The summed E-state index contributed by atoms with van der Waals surface area (Å²) in [5, 5.41) is 11.1. The molecule has 0 unspecified atom stereocenters. The number of carbonyl (C=O) groups is 1. The molecule has 0 saturated heterocycles. The second-order valence-corrected chi connectivity index (χ2v) is 11.1. The van der Waals surface area contributed by atoms with Gasteiger partial charge in [-0.05, 0) is 67.4 Å². The van der Waals surface area contributed by atoms with Crippen molar-refractivity contribution >= 4 is 33.4 Å². The van der Waals surface area contributed by atoms with Gasteiger partial charge >= 0.3 is 0 Å². The molecule has 4 aromatic rings. The van der Waals surface area contributed by atoms with Crippen molar-refractivity contribution in [3.8, 4) is 23.0 Å². The van der Waals surface area contributed by atoms with Gasteiger partial charge in [-0.2, -0.15) is 0 Å². The maximum absolute atomic E-state index is 12.6. The number of sulfonamides is 1. The first-order chi connectivity index (χ1) is 18.8. The fourth-order valence-electron chi connectivity index (χ4n) is 3.56. The fourth-order valence-corrected chi connectivity index (χ4v) is 5.21. The van der Waals surface area contributed by atoms with E-state index in [0.717, 1.165) is 22.9 Å². The van der Waals surface area contributed by atoms with Crippen molar-refractivity contribution in [1.29, 1.82) is 0 Å². The van der Waals surface area contributed by atoms with Crippen LogP contribution in [0.25, 0.3) is 11.5 Å². The number of nitrogens with one attached hydrogen (secondary N) is 2. The van der Waals surface area contributed by atoms with Crippen molar-refractivity contribution in [2.75, 3.05) is 31.2 Å². The molecule has 0 radical (unpaired) electrons. The van der Waals surface area contributed by atoms with Crippen LogP contribution >= 0.6 is 11.8 Å². The molecule has 12 heteroatoms. The highest BCUT2D eigenvalue weighted by Crippen LogP contribution is 2.28. The molecule has 4 rings (SSSR count). The lowest BCUT2D eigenvalue weighted by Gasteiger charge is -2.10. The molecular formula is C27H28N4O6S2. The summed E-state index contributed by atoms with van der Waals surface area (Å²) in [5.41, 5.74) is 3.00. The van der Waals surface area contributed by atoms with Crippen LogP contribution in [0.1, 0.15) is 11.1 Å². The Morgan fingerprint density at radius 2 is 1.67 bits per heavy atom. The predicted octanol–water partition coefficient (Wildman–Crippen LogP) is 4.31. The molecule has 0 fully saturated rings. The SMILES string of the molecule is COc1ccc(CCNC(=O)CSc2nnc(-c3ccc(NS(=O)(=O)c4ccc(C)cc4)cc3)o2)cc1OC. The van der Waals surface area contributed by atoms with E-state index in [0.29, 0.717) is 35.7 Å². The zero-order valence-electron chi connectivity index (χ0n) is 21.6. The third-order valence-electron chi connectivity index (χ3n) is 5.63. The van der Waals surface area contributed by atoms with Gasteiger partial charge in [-0.15, -0.1) is 10.2 Å². The number of aromatic nitrogens is 2. The number of hydrogen-bond donors (Lipinski definition) is 2. The molecule has 10 nitrogen and oxygen atoms in total. The number of aryl methyl sites for hydroxylation is 1. The van der Waals surface area contributed by atoms with Crippen molar-refractivity contribution < 1.29 is 27.1 Å². The van der Waals surface area contributed by atoms with Crippen molar-refractivity contribution in [2.45, 2.75) is 23.5 Å². The lowest BCUT2D eigenvalue weighted by molar-refractivity contribution is -0.118. The molecule has 0 aliphatic heterocycles. The molecule has 1 amide bonds. The highest BCUT2D eigenvalue weighted by molar-refractivity contribution is 7.99. The van der Waals surface area contributed by atoms with Crippen LogP contribution in [0.4, 0.5) is 5.69 Å². The number of methoxy groups -OCH3 is 2. The molecule has 2 N–H and O–H groups in total. The molecule has 1 aromatic heterocycles. The Labute approximate surface area is 231 Å². The largest absolute Gasteiger partial charge is 0.493 e. The second kappa shape index (κ2) is 12.7. The Balaban J connectivity index is 1.25. The maximum Gasteiger partial charge on any atom is 0.277 e. The van der Waals surface area contributed by atoms with E-state index in [1.807, 2.05) is 25.1 Å². The van der Waals surface area contributed by atoms with Gasteiger partial charge in [-0.1, -0.05) is 35.5 Å². The number of nitrogens with zero attached hydrogens (tertiary/aromatic N) is 2. The van der Waals surface area contributed by atoms with Crippen LogP contribution in [-0.2, 0) is 21.2 Å². The summed E-state index contributed by atoms with van der Waals surface area (Å²) in [7, 11) is -0.540. The van der Waals surface area contributed by atoms with Crippen molar-refractivity contribution in [1.82, 2.24) is 15.5 Å². The standard InChI is InChI=1S/C27H28N4O6S2/c1-18-4-11-22(12-5-18)39(33,34)31-21-9-7-20(8-10-21)26-29-30-27(37-26)38-17-25(32)28-15-14-19-6-13-23(35-2)24(16-19)36-3/h4-13,16,31H,14-15,17H2,1-3H3,(H,28,32). The Bertz CT molecular complexity index is 1520. The van der Waals surface area contributed by atoms with Crippen LogP contribution in [0, 0.1) is 6.92 Å². The quantitative estimate of drug-likeness (QED) is 0.240. The topological polar surface area (TPSA) is 133 Å². The lowest BCUT2D eigenvalue weighted by Crippen LogP contribution is -2.27. The number of anilines is 1. The summed E-state index contributed by atoms with van der Waals surface area (Å²) in [6.07, 6.45) is 0.638. The monoisotopic (exact) mass is 568 g/mol. The number of hydrogen-bond acceptors (Lipinski definition) is 9. The molecule has 1 heterocycles. The average molecular weight is 569 g/mol. The van der Waals surface area contributed by atoms with Gasteiger partial charge in [0.25, 0.3) is 15.2 Å². The number of amides is 1. The summed E-state index contributed by atoms with van der Waals surface area (Å²) in [5.74, 6) is 1.51. The molecule has 0 atom stereocenters. The predicted molar refractivity (Wildman–Crippen MR) is 149 cm³/mol. The molecular weight excluding hydrogens is 540 g/mol. The van der Waals surface area contributed by atoms with Gasteiger partial charge in [-0.25, -0.2) is 8.42 Å². The summed E-state index contributed by atoms with van der Waals surface area (Å²) in [4.78, 5) is 12.4. The zero-order valence-corrected chi connectivity index (χ0v) is 23.3. The van der Waals surface area contributed by atoms with E-state index < -0.39 is 10.0 Å². The van der Waals surface area contributed by atoms with Gasteiger partial charge in [0.2, 0.25) is 11.8 Å². The number of benzene rings is 3. The van der Waals surface area contributed by atoms with Crippen molar-refractivity contribution in [2.24, 2.45) is 0 Å². The lowest BCUT2D eigenvalue weighted by atomic mass is 10.1. The van der Waals surface area contributed by atoms with Gasteiger partial charge in [0.15, 0.2) is 11.5 Å². The maximum atomic E-state index is 12.6. The minimum absolute atomic E-state index is 0.118. The normalized spacial score (nSPS) is 11.2. The fraction of sp³-hybridized carbons (Fsp3) is 0.222. The summed E-state index contributed by atoms with van der Waals surface area (Å²) >= 11 is 1.13. The first-order valence-corrected chi connectivity index (χ1v) is 14.4. The zero-order chi connectivity index (χ0) is 27.8. The second-order valence-electron chi connectivity index (χ2n) is 8.45. The Morgan fingerprint density at radius 1 is 0.949 bits per heavy atom. The van der Waals surface area contributed by atoms with E-state index in [1.54, 1.807) is 62.8 Å². The number of rotatable bonds is 12. The molecule has 0 saturated carbocycles. The summed E-state index contributed by atoms with van der Waals surface area (Å²) in [6, 6.07) is 18.8. The number of carbonyl (C=O) groups excluding carboxylic acids is 1. The van der Waals surface area contributed by atoms with Crippen LogP contribution < -0.4 is 19.5 Å². The smallest absolute Gasteiger partial charge is 0.277 e. The average Bonchev–Trinajstić information content (AvgIpc) is 3.41. The Morgan fingerprint density at radius 3 is 2.36 bits per heavy atom. The van der Waals surface area contributed by atoms with Crippen LogP contribution in [0.2, 0.25) is 0 Å². The number of ether oxygens (including phenoxy) is 2. The van der Waals surface area contributed by atoms with Crippen LogP contribution in [0.3, 0.4) is 0 Å². The molecule has 39 heavy (non-hydrogen) atoms. The van der Waals surface area contributed by atoms with Gasteiger partial charge in [0.05, 0.1) is 24.9 Å². The van der Waals surface area contributed by atoms with E-state index in [1.165, 1.54) is 0 Å². The Hall–Kier alpha value is -4.03. The highest BCUT2D eigenvalue weighted by atomic mass is 32.2. The van der Waals surface area contributed by atoms with E-state index in [9.17, 15) is 13.2 Å².